The molecular weight excluding hydrogens is 615 g/mol. The van der Waals surface area contributed by atoms with E-state index in [4.69, 9.17) is 53.4 Å². The van der Waals surface area contributed by atoms with Crippen molar-refractivity contribution in [3.63, 3.8) is 0 Å². The van der Waals surface area contributed by atoms with E-state index < -0.39 is 39.4 Å². The lowest BCUT2D eigenvalue weighted by molar-refractivity contribution is -0.164. The van der Waals surface area contributed by atoms with Gasteiger partial charge in [-0.2, -0.15) is 0 Å². The molecule has 0 unspecified atom stereocenters. The molecule has 37 heavy (non-hydrogen) atoms. The van der Waals surface area contributed by atoms with Crippen LogP contribution in [0.15, 0.2) is 63.7 Å². The molecule has 2 heterocycles. The molecule has 0 saturated heterocycles. The highest BCUT2D eigenvalue weighted by atomic mass is 79.9. The number of benzene rings is 2. The van der Waals surface area contributed by atoms with Crippen molar-refractivity contribution in [3.05, 3.63) is 76.2 Å². The van der Waals surface area contributed by atoms with Crippen molar-refractivity contribution in [2.75, 3.05) is 14.2 Å². The van der Waals surface area contributed by atoms with Gasteiger partial charge in [-0.15, -0.1) is 0 Å². The fraction of sp³-hybridized carbons (Fsp3) is 0.320. The van der Waals surface area contributed by atoms with Gasteiger partial charge in [0.15, 0.2) is 20.3 Å². The van der Waals surface area contributed by atoms with Gasteiger partial charge < -0.3 is 33.9 Å². The molecule has 0 spiro atoms. The van der Waals surface area contributed by atoms with Gasteiger partial charge in [-0.05, 0) is 33.6 Å². The van der Waals surface area contributed by atoms with Crippen molar-refractivity contribution in [1.82, 2.24) is 0 Å². The summed E-state index contributed by atoms with van der Waals surface area (Å²) in [6, 6.07) is 15.1. The fourth-order valence-electron chi connectivity index (χ4n) is 5.39. The number of carbonyl (C=O) groups is 1. The highest BCUT2D eigenvalue weighted by Gasteiger charge is 2.79. The van der Waals surface area contributed by atoms with E-state index in [9.17, 15) is 20.1 Å². The standard InChI is InChI=1S/C24H21BrO8.CHCl3/c1-30-13-10-14(31-2)20-15(11-13)33-24(16-8-9-17(25)32-16)19(12-6-4-3-5-7-12)18(22(27)28)21(26)23(20,24)29;2-1(3)4/h3-11,18-19,21,26,29H,1-2H3,(H,27,28);1H/t18-,19-,21-,23+,24+;/m1./s1. The van der Waals surface area contributed by atoms with Gasteiger partial charge in [-0.1, -0.05) is 65.1 Å². The normalized spacial score (nSPS) is 27.5. The summed E-state index contributed by atoms with van der Waals surface area (Å²) in [6.07, 6.45) is -1.76. The molecule has 1 aromatic heterocycles. The highest BCUT2D eigenvalue weighted by Crippen LogP contribution is 2.70. The van der Waals surface area contributed by atoms with Crippen molar-refractivity contribution < 1.29 is 38.7 Å². The van der Waals surface area contributed by atoms with Crippen molar-refractivity contribution in [1.29, 1.82) is 0 Å². The number of aliphatic hydroxyl groups is 2. The monoisotopic (exact) mass is 634 g/mol. The van der Waals surface area contributed by atoms with E-state index in [0.29, 0.717) is 16.0 Å². The maximum Gasteiger partial charge on any atom is 0.310 e. The topological polar surface area (TPSA) is 119 Å². The maximum atomic E-state index is 12.5. The molecule has 3 aromatic rings. The third-order valence-corrected chi connectivity index (χ3v) is 7.09. The van der Waals surface area contributed by atoms with E-state index in [1.54, 1.807) is 54.6 Å². The predicted molar refractivity (Wildman–Crippen MR) is 140 cm³/mol. The molecule has 0 bridgehead atoms. The van der Waals surface area contributed by atoms with E-state index in [2.05, 4.69) is 15.9 Å². The Kier molecular flexibility index (Phi) is 7.95. The molecule has 3 N–H and O–H groups in total. The lowest BCUT2D eigenvalue weighted by atomic mass is 9.73. The van der Waals surface area contributed by atoms with Crippen LogP contribution in [-0.4, -0.2) is 45.9 Å². The highest BCUT2D eigenvalue weighted by molar-refractivity contribution is 9.10. The number of aliphatic hydroxyl groups excluding tert-OH is 1. The van der Waals surface area contributed by atoms with Gasteiger partial charge in [0.1, 0.15) is 23.4 Å². The minimum atomic E-state index is -2.22. The van der Waals surface area contributed by atoms with Crippen LogP contribution in [0.5, 0.6) is 17.2 Å². The number of carboxylic acid groups (broad SMARTS) is 1. The molecule has 0 radical (unpaired) electrons. The molecule has 0 amide bonds. The number of fused-ring (bicyclic) bond motifs is 3. The number of methoxy groups -OCH3 is 2. The zero-order chi connectivity index (χ0) is 27.1. The Morgan fingerprint density at radius 1 is 1.08 bits per heavy atom. The van der Waals surface area contributed by atoms with Gasteiger partial charge in [0.2, 0.25) is 5.60 Å². The van der Waals surface area contributed by atoms with Crippen molar-refractivity contribution in [2.24, 2.45) is 5.92 Å². The average molecular weight is 637 g/mol. The molecule has 1 saturated carbocycles. The first kappa shape index (κ1) is 27.9. The second-order valence-electron chi connectivity index (χ2n) is 8.36. The number of hydrogen-bond donors (Lipinski definition) is 3. The molecule has 2 aliphatic rings. The van der Waals surface area contributed by atoms with Crippen LogP contribution in [0.3, 0.4) is 0 Å². The number of alkyl halides is 3. The zero-order valence-corrected chi connectivity index (χ0v) is 23.3. The first-order valence-electron chi connectivity index (χ1n) is 10.8. The lowest BCUT2D eigenvalue weighted by Gasteiger charge is -2.38. The molecule has 1 fully saturated rings. The van der Waals surface area contributed by atoms with Gasteiger partial charge in [0, 0.05) is 12.1 Å². The Labute approximate surface area is 235 Å². The van der Waals surface area contributed by atoms with Crippen LogP contribution in [0.4, 0.5) is 0 Å². The van der Waals surface area contributed by atoms with Gasteiger partial charge in [0.25, 0.3) is 0 Å². The number of rotatable bonds is 5. The number of carboxylic acids is 1. The van der Waals surface area contributed by atoms with Crippen LogP contribution in [0.1, 0.15) is 22.8 Å². The molecule has 198 valence electrons. The van der Waals surface area contributed by atoms with Crippen molar-refractivity contribution in [2.45, 2.75) is 27.5 Å². The minimum Gasteiger partial charge on any atom is -0.496 e. The Balaban J connectivity index is 0.000000747. The van der Waals surface area contributed by atoms with Crippen LogP contribution in [0, 0.1) is 5.92 Å². The number of aliphatic carboxylic acids is 1. The van der Waals surface area contributed by atoms with Crippen molar-refractivity contribution in [3.8, 4) is 17.2 Å². The summed E-state index contributed by atoms with van der Waals surface area (Å²) in [7, 11) is 2.89. The van der Waals surface area contributed by atoms with Crippen LogP contribution in [0.2, 0.25) is 0 Å². The fourth-order valence-corrected chi connectivity index (χ4v) is 5.69. The molecule has 2 aromatic carbocycles. The predicted octanol–water partition coefficient (Wildman–Crippen LogP) is 5.38. The summed E-state index contributed by atoms with van der Waals surface area (Å²) in [6.45, 7) is 0. The summed E-state index contributed by atoms with van der Waals surface area (Å²) in [5.41, 5.74) is -3.34. The second-order valence-corrected chi connectivity index (χ2v) is 11.1. The lowest BCUT2D eigenvalue weighted by Crippen LogP contribution is -2.52. The maximum absolute atomic E-state index is 12.5. The SMILES string of the molecule is COc1cc(OC)c2c(c1)O[C@@]1(c3ccc(Br)o3)[C@H](c3ccccc3)[C@@H](C(=O)O)[C@@H](O)[C@@]21O.ClC(Cl)Cl. The number of furan rings is 1. The molecule has 5 atom stereocenters. The molecule has 1 aliphatic heterocycles. The first-order chi connectivity index (χ1) is 17.5. The van der Waals surface area contributed by atoms with E-state index in [1.165, 1.54) is 14.2 Å². The summed E-state index contributed by atoms with van der Waals surface area (Å²) in [4.78, 5) is 12.5. The van der Waals surface area contributed by atoms with E-state index in [1.807, 2.05) is 0 Å². The minimum absolute atomic E-state index is 0.135. The van der Waals surface area contributed by atoms with Crippen LogP contribution in [-0.2, 0) is 16.0 Å². The van der Waals surface area contributed by atoms with E-state index >= 15 is 0 Å². The largest absolute Gasteiger partial charge is 0.496 e. The van der Waals surface area contributed by atoms with E-state index in [-0.39, 0.29) is 22.8 Å². The van der Waals surface area contributed by atoms with Crippen LogP contribution in [0.25, 0.3) is 0 Å². The van der Waals surface area contributed by atoms with Gasteiger partial charge in [-0.25, -0.2) is 0 Å². The first-order valence-corrected chi connectivity index (χ1v) is 12.9. The Bertz CT molecular complexity index is 1280. The van der Waals surface area contributed by atoms with Gasteiger partial charge in [-0.3, -0.25) is 4.79 Å². The Morgan fingerprint density at radius 3 is 2.24 bits per heavy atom. The molecule has 1 aliphatic carbocycles. The number of ether oxygens (including phenoxy) is 3. The number of halogens is 4. The summed E-state index contributed by atoms with van der Waals surface area (Å²) in [5, 5.41) is 34.0. The third-order valence-electron chi connectivity index (χ3n) is 6.66. The molecule has 8 nitrogen and oxygen atoms in total. The Hall–Kier alpha value is -2.14. The van der Waals surface area contributed by atoms with Crippen LogP contribution < -0.4 is 14.2 Å². The van der Waals surface area contributed by atoms with Gasteiger partial charge in [0.05, 0.1) is 31.6 Å². The van der Waals surface area contributed by atoms with Gasteiger partial charge >= 0.3 is 5.97 Å². The summed E-state index contributed by atoms with van der Waals surface area (Å²) < 4.78 is 22.8. The third kappa shape index (κ3) is 4.35. The zero-order valence-electron chi connectivity index (χ0n) is 19.4. The molecule has 12 heteroatoms. The summed E-state index contributed by atoms with van der Waals surface area (Å²) >= 11 is 17.7. The number of hydrogen-bond acceptors (Lipinski definition) is 7. The van der Waals surface area contributed by atoms with E-state index in [0.717, 1.165) is 0 Å². The second kappa shape index (κ2) is 10.6. The smallest absolute Gasteiger partial charge is 0.310 e. The Morgan fingerprint density at radius 2 is 1.73 bits per heavy atom. The summed E-state index contributed by atoms with van der Waals surface area (Å²) in [5.74, 6) is -2.75. The quantitative estimate of drug-likeness (QED) is 0.320. The molecule has 5 rings (SSSR count). The molecular formula is C25H22BrCl3O8. The average Bonchev–Trinajstić information content (AvgIpc) is 3.46. The van der Waals surface area contributed by atoms with Crippen LogP contribution >= 0.6 is 50.7 Å². The van der Waals surface area contributed by atoms with Crippen molar-refractivity contribution >= 4 is 56.7 Å².